The zero-order chi connectivity index (χ0) is 17.6. The highest BCUT2D eigenvalue weighted by molar-refractivity contribution is 6.28. The standard InChI is InChI=1S/C14H18ClN5O5/c15-14-18-11(17-6-1-2-24-4-6)8-12(19-14)20(5-16-8)13-10(23)9(22)7(3-21)25-13/h5-7,9-10,13,21-23H,1-4H2,(H,17,18,19)/t6?,7-,9-,10-,13?/m1/s1. The SMILES string of the molecule is OC[C@H]1OC(n2cnc3c(NC4CCOC4)nc(Cl)nc32)[C@H](O)[C@@H]1O. The number of aromatic nitrogens is 4. The lowest BCUT2D eigenvalue weighted by Crippen LogP contribution is -2.33. The number of hydrogen-bond acceptors (Lipinski definition) is 9. The number of rotatable bonds is 4. The molecule has 0 spiro atoms. The summed E-state index contributed by atoms with van der Waals surface area (Å²) in [6.07, 6.45) is -1.99. The van der Waals surface area contributed by atoms with Crippen molar-refractivity contribution in [3.05, 3.63) is 11.6 Å². The van der Waals surface area contributed by atoms with Crippen LogP contribution in [0, 0.1) is 0 Å². The molecule has 2 aliphatic rings. The average molecular weight is 372 g/mol. The first kappa shape index (κ1) is 16.9. The van der Waals surface area contributed by atoms with Crippen molar-refractivity contribution in [2.45, 2.75) is 37.0 Å². The van der Waals surface area contributed by atoms with Crippen LogP contribution in [-0.4, -0.2) is 79.0 Å². The minimum atomic E-state index is -1.23. The number of aliphatic hydroxyl groups is 3. The fraction of sp³-hybridized carbons (Fsp3) is 0.643. The Kier molecular flexibility index (Phi) is 4.48. The Morgan fingerprint density at radius 2 is 2.16 bits per heavy atom. The Labute approximate surface area is 147 Å². The van der Waals surface area contributed by atoms with Gasteiger partial charge in [-0.2, -0.15) is 9.97 Å². The maximum atomic E-state index is 10.2. The van der Waals surface area contributed by atoms with E-state index in [0.717, 1.165) is 6.42 Å². The highest BCUT2D eigenvalue weighted by atomic mass is 35.5. The van der Waals surface area contributed by atoms with Crippen molar-refractivity contribution in [3.63, 3.8) is 0 Å². The lowest BCUT2D eigenvalue weighted by Gasteiger charge is -2.17. The van der Waals surface area contributed by atoms with Gasteiger partial charge in [0.2, 0.25) is 5.28 Å². The quantitative estimate of drug-likeness (QED) is 0.514. The average Bonchev–Trinajstić information content (AvgIpc) is 3.29. The van der Waals surface area contributed by atoms with Crippen molar-refractivity contribution in [1.82, 2.24) is 19.5 Å². The van der Waals surface area contributed by atoms with Gasteiger partial charge in [-0.1, -0.05) is 0 Å². The Hall–Kier alpha value is -1.56. The molecular formula is C14H18ClN5O5. The summed E-state index contributed by atoms with van der Waals surface area (Å²) in [6, 6.07) is 0.105. The number of nitrogens with one attached hydrogen (secondary N) is 1. The Morgan fingerprint density at radius 1 is 1.32 bits per heavy atom. The molecule has 4 heterocycles. The molecule has 0 saturated carbocycles. The van der Waals surface area contributed by atoms with E-state index in [9.17, 15) is 15.3 Å². The van der Waals surface area contributed by atoms with Gasteiger partial charge < -0.3 is 30.1 Å². The fourth-order valence-electron chi connectivity index (χ4n) is 3.13. The summed E-state index contributed by atoms with van der Waals surface area (Å²) >= 11 is 6.04. The minimum Gasteiger partial charge on any atom is -0.394 e. The van der Waals surface area contributed by atoms with Crippen LogP contribution >= 0.6 is 11.6 Å². The van der Waals surface area contributed by atoms with Crippen LogP contribution in [0.2, 0.25) is 5.28 Å². The van der Waals surface area contributed by atoms with Crippen molar-refractivity contribution in [3.8, 4) is 0 Å². The zero-order valence-electron chi connectivity index (χ0n) is 13.1. The van der Waals surface area contributed by atoms with Gasteiger partial charge in [0.25, 0.3) is 0 Å². The van der Waals surface area contributed by atoms with E-state index in [1.165, 1.54) is 10.9 Å². The Bertz CT molecular complexity index is 767. The first-order valence-electron chi connectivity index (χ1n) is 7.95. The van der Waals surface area contributed by atoms with Gasteiger partial charge in [0.1, 0.15) is 18.3 Å². The van der Waals surface area contributed by atoms with Gasteiger partial charge in [0, 0.05) is 6.61 Å². The summed E-state index contributed by atoms with van der Waals surface area (Å²) in [5.74, 6) is 0.469. The molecule has 0 aromatic carbocycles. The third kappa shape index (κ3) is 2.94. The molecule has 2 aromatic rings. The molecule has 2 aromatic heterocycles. The van der Waals surface area contributed by atoms with E-state index in [4.69, 9.17) is 21.1 Å². The number of anilines is 1. The molecule has 2 fully saturated rings. The van der Waals surface area contributed by atoms with Gasteiger partial charge in [-0.05, 0) is 18.0 Å². The predicted octanol–water partition coefficient (Wildman–Crippen LogP) is -0.708. The fourth-order valence-corrected chi connectivity index (χ4v) is 3.29. The molecule has 0 amide bonds. The van der Waals surface area contributed by atoms with Gasteiger partial charge in [-0.25, -0.2) is 4.98 Å². The van der Waals surface area contributed by atoms with E-state index < -0.39 is 31.1 Å². The Balaban J connectivity index is 1.70. The van der Waals surface area contributed by atoms with Crippen LogP contribution in [0.4, 0.5) is 5.82 Å². The molecule has 2 unspecified atom stereocenters. The van der Waals surface area contributed by atoms with Crippen LogP contribution in [0.5, 0.6) is 0 Å². The van der Waals surface area contributed by atoms with E-state index >= 15 is 0 Å². The second-order valence-electron chi connectivity index (χ2n) is 6.10. The van der Waals surface area contributed by atoms with E-state index in [2.05, 4.69) is 20.3 Å². The van der Waals surface area contributed by atoms with Crippen LogP contribution in [0.1, 0.15) is 12.6 Å². The molecule has 4 rings (SSSR count). The summed E-state index contributed by atoms with van der Waals surface area (Å²) in [7, 11) is 0. The van der Waals surface area contributed by atoms with Gasteiger partial charge in [-0.15, -0.1) is 0 Å². The maximum Gasteiger partial charge on any atom is 0.226 e. The molecule has 136 valence electrons. The van der Waals surface area contributed by atoms with Gasteiger partial charge >= 0.3 is 0 Å². The molecule has 0 radical (unpaired) electrons. The largest absolute Gasteiger partial charge is 0.394 e. The van der Waals surface area contributed by atoms with Crippen LogP contribution in [0.3, 0.4) is 0 Å². The van der Waals surface area contributed by atoms with Gasteiger partial charge in [0.05, 0.1) is 25.6 Å². The van der Waals surface area contributed by atoms with E-state index in [0.29, 0.717) is 30.2 Å². The van der Waals surface area contributed by atoms with Crippen molar-refractivity contribution in [2.75, 3.05) is 25.1 Å². The zero-order valence-corrected chi connectivity index (χ0v) is 13.9. The molecule has 4 N–H and O–H groups in total. The van der Waals surface area contributed by atoms with Gasteiger partial charge in [0.15, 0.2) is 23.2 Å². The molecule has 2 saturated heterocycles. The van der Waals surface area contributed by atoms with Gasteiger partial charge in [-0.3, -0.25) is 4.57 Å². The lowest BCUT2D eigenvalue weighted by atomic mass is 10.1. The second-order valence-corrected chi connectivity index (χ2v) is 6.44. The van der Waals surface area contributed by atoms with Crippen molar-refractivity contribution in [2.24, 2.45) is 0 Å². The van der Waals surface area contributed by atoms with Crippen LogP contribution in [-0.2, 0) is 9.47 Å². The molecule has 11 heteroatoms. The van der Waals surface area contributed by atoms with Crippen molar-refractivity contribution >= 4 is 28.6 Å². The Morgan fingerprint density at radius 3 is 2.84 bits per heavy atom. The number of aliphatic hydroxyl groups excluding tert-OH is 3. The second kappa shape index (κ2) is 6.63. The number of ether oxygens (including phenoxy) is 2. The van der Waals surface area contributed by atoms with E-state index in [1.807, 2.05) is 0 Å². The summed E-state index contributed by atoms with van der Waals surface area (Å²) in [5.41, 5.74) is 0.824. The third-order valence-electron chi connectivity index (χ3n) is 4.46. The molecule has 10 nitrogen and oxygen atoms in total. The number of fused-ring (bicyclic) bond motifs is 1. The highest BCUT2D eigenvalue weighted by Gasteiger charge is 2.44. The normalized spacial score (nSPS) is 32.6. The summed E-state index contributed by atoms with van der Waals surface area (Å²) in [5, 5.41) is 32.7. The molecule has 0 bridgehead atoms. The molecule has 2 aliphatic heterocycles. The smallest absolute Gasteiger partial charge is 0.226 e. The highest BCUT2D eigenvalue weighted by Crippen LogP contribution is 2.33. The summed E-state index contributed by atoms with van der Waals surface area (Å²) < 4.78 is 12.3. The molecule has 5 atom stereocenters. The summed E-state index contributed by atoms with van der Waals surface area (Å²) in [4.78, 5) is 12.7. The van der Waals surface area contributed by atoms with E-state index in [1.54, 1.807) is 0 Å². The number of nitrogens with zero attached hydrogens (tertiary/aromatic N) is 4. The minimum absolute atomic E-state index is 0.0161. The lowest BCUT2D eigenvalue weighted by molar-refractivity contribution is -0.0511. The molecule has 0 aliphatic carbocycles. The van der Waals surface area contributed by atoms with Crippen molar-refractivity contribution in [1.29, 1.82) is 0 Å². The predicted molar refractivity (Wildman–Crippen MR) is 86.2 cm³/mol. The van der Waals surface area contributed by atoms with E-state index in [-0.39, 0.29) is 11.3 Å². The van der Waals surface area contributed by atoms with Crippen molar-refractivity contribution < 1.29 is 24.8 Å². The monoisotopic (exact) mass is 371 g/mol. The number of halogens is 1. The first-order valence-corrected chi connectivity index (χ1v) is 8.33. The van der Waals surface area contributed by atoms with Crippen LogP contribution < -0.4 is 5.32 Å². The third-order valence-corrected chi connectivity index (χ3v) is 4.63. The number of hydrogen-bond donors (Lipinski definition) is 4. The first-order chi connectivity index (χ1) is 12.1. The molecule has 25 heavy (non-hydrogen) atoms. The summed E-state index contributed by atoms with van der Waals surface area (Å²) in [6.45, 7) is 0.834. The number of imidazole rings is 1. The van der Waals surface area contributed by atoms with Crippen LogP contribution in [0.15, 0.2) is 6.33 Å². The topological polar surface area (TPSA) is 135 Å². The molecular weight excluding hydrogens is 354 g/mol. The maximum absolute atomic E-state index is 10.2. The van der Waals surface area contributed by atoms with Crippen LogP contribution in [0.25, 0.3) is 11.2 Å².